The molecule has 3 rings (SSSR count). The molecular formula is C15H13ClO4. The molecule has 0 N–H and O–H groups in total. The standard InChI is InChI=1S/C15H13ClO4/c16-12-6-2-1-5-10(12)9-11-13(17)19-15(20-14(11)18)7-3-4-8-15/h1-2,5-6,9H,3-4,7-8H2. The topological polar surface area (TPSA) is 52.6 Å². The number of rotatable bonds is 1. The summed E-state index contributed by atoms with van der Waals surface area (Å²) in [6, 6.07) is 6.95. The molecule has 104 valence electrons. The van der Waals surface area contributed by atoms with Crippen molar-refractivity contribution >= 4 is 29.6 Å². The van der Waals surface area contributed by atoms with E-state index in [-0.39, 0.29) is 5.57 Å². The van der Waals surface area contributed by atoms with E-state index < -0.39 is 17.7 Å². The molecule has 1 saturated carbocycles. The molecule has 0 unspecified atom stereocenters. The van der Waals surface area contributed by atoms with E-state index in [1.165, 1.54) is 6.08 Å². The summed E-state index contributed by atoms with van der Waals surface area (Å²) in [5.74, 6) is -2.31. The van der Waals surface area contributed by atoms with Crippen LogP contribution >= 0.6 is 11.6 Å². The maximum Gasteiger partial charge on any atom is 0.348 e. The Hall–Kier alpha value is -1.81. The van der Waals surface area contributed by atoms with Crippen molar-refractivity contribution in [2.24, 2.45) is 0 Å². The Bertz CT molecular complexity index is 578. The molecule has 1 aromatic rings. The number of benzene rings is 1. The lowest BCUT2D eigenvalue weighted by molar-refractivity contribution is -0.232. The summed E-state index contributed by atoms with van der Waals surface area (Å²) in [5.41, 5.74) is 0.469. The van der Waals surface area contributed by atoms with Crippen molar-refractivity contribution in [3.8, 4) is 0 Å². The number of carbonyl (C=O) groups excluding carboxylic acids is 2. The summed E-state index contributed by atoms with van der Waals surface area (Å²) >= 11 is 6.01. The van der Waals surface area contributed by atoms with Crippen molar-refractivity contribution in [3.05, 3.63) is 40.4 Å². The Balaban J connectivity index is 1.90. The van der Waals surface area contributed by atoms with Gasteiger partial charge in [0.1, 0.15) is 5.57 Å². The zero-order valence-corrected chi connectivity index (χ0v) is 11.5. The molecule has 2 fully saturated rings. The molecule has 5 heteroatoms. The molecule has 4 nitrogen and oxygen atoms in total. The molecular weight excluding hydrogens is 280 g/mol. The molecule has 20 heavy (non-hydrogen) atoms. The van der Waals surface area contributed by atoms with Gasteiger partial charge in [0, 0.05) is 17.9 Å². The number of hydrogen-bond donors (Lipinski definition) is 0. The van der Waals surface area contributed by atoms with Crippen LogP contribution in [0.1, 0.15) is 31.2 Å². The van der Waals surface area contributed by atoms with Crippen LogP contribution in [0.5, 0.6) is 0 Å². The van der Waals surface area contributed by atoms with E-state index in [4.69, 9.17) is 21.1 Å². The minimum atomic E-state index is -1.04. The predicted octanol–water partition coefficient (Wildman–Crippen LogP) is 3.09. The average Bonchev–Trinajstić information content (AvgIpc) is 2.84. The largest absolute Gasteiger partial charge is 0.419 e. The first-order valence-corrected chi connectivity index (χ1v) is 6.90. The van der Waals surface area contributed by atoms with Crippen LogP contribution in [0.2, 0.25) is 5.02 Å². The van der Waals surface area contributed by atoms with Crippen molar-refractivity contribution in [1.29, 1.82) is 0 Å². The maximum absolute atomic E-state index is 12.0. The first-order chi connectivity index (χ1) is 9.60. The maximum atomic E-state index is 12.0. The average molecular weight is 293 g/mol. The van der Waals surface area contributed by atoms with Crippen LogP contribution in [0, 0.1) is 0 Å². The summed E-state index contributed by atoms with van der Waals surface area (Å²) in [4.78, 5) is 24.1. The van der Waals surface area contributed by atoms with Crippen LogP contribution < -0.4 is 0 Å². The fourth-order valence-corrected chi connectivity index (χ4v) is 2.73. The molecule has 0 aromatic heterocycles. The fraction of sp³-hybridized carbons (Fsp3) is 0.333. The van der Waals surface area contributed by atoms with Gasteiger partial charge in [0.15, 0.2) is 0 Å². The van der Waals surface area contributed by atoms with Crippen LogP contribution in [-0.4, -0.2) is 17.7 Å². The number of esters is 2. The highest BCUT2D eigenvalue weighted by Gasteiger charge is 2.47. The number of ether oxygens (including phenoxy) is 2. The van der Waals surface area contributed by atoms with Gasteiger partial charge < -0.3 is 9.47 Å². The van der Waals surface area contributed by atoms with Gasteiger partial charge in [-0.15, -0.1) is 0 Å². The Morgan fingerprint density at radius 3 is 2.25 bits per heavy atom. The van der Waals surface area contributed by atoms with Gasteiger partial charge >= 0.3 is 11.9 Å². The molecule has 2 aliphatic rings. The Labute approximate surface area is 121 Å². The summed E-state index contributed by atoms with van der Waals surface area (Å²) in [6.07, 6.45) is 4.34. The molecule has 0 atom stereocenters. The predicted molar refractivity (Wildman–Crippen MR) is 72.8 cm³/mol. The zero-order chi connectivity index (χ0) is 14.2. The van der Waals surface area contributed by atoms with Crippen LogP contribution in [0.15, 0.2) is 29.8 Å². The molecule has 1 heterocycles. The highest BCUT2D eigenvalue weighted by atomic mass is 35.5. The van der Waals surface area contributed by atoms with Crippen molar-refractivity contribution in [3.63, 3.8) is 0 Å². The molecule has 0 amide bonds. The zero-order valence-electron chi connectivity index (χ0n) is 10.7. The first kappa shape index (κ1) is 13.2. The van der Waals surface area contributed by atoms with Gasteiger partial charge in [-0.3, -0.25) is 0 Å². The summed E-state index contributed by atoms with van der Waals surface area (Å²) in [5, 5.41) is 0.460. The third-order valence-corrected chi connectivity index (χ3v) is 3.91. The molecule has 1 saturated heterocycles. The Morgan fingerprint density at radius 1 is 1.05 bits per heavy atom. The van der Waals surface area contributed by atoms with Gasteiger partial charge in [0.25, 0.3) is 5.79 Å². The molecule has 1 aliphatic carbocycles. The molecule has 0 bridgehead atoms. The number of carbonyl (C=O) groups is 2. The summed E-state index contributed by atoms with van der Waals surface area (Å²) in [7, 11) is 0. The number of halogens is 1. The van der Waals surface area contributed by atoms with E-state index in [1.54, 1.807) is 24.3 Å². The second kappa shape index (κ2) is 4.94. The lowest BCUT2D eigenvalue weighted by Gasteiger charge is -2.32. The van der Waals surface area contributed by atoms with E-state index in [9.17, 15) is 9.59 Å². The van der Waals surface area contributed by atoms with Gasteiger partial charge in [-0.2, -0.15) is 0 Å². The van der Waals surface area contributed by atoms with Gasteiger partial charge in [-0.05, 0) is 30.5 Å². The lowest BCUT2D eigenvalue weighted by Crippen LogP contribution is -2.44. The van der Waals surface area contributed by atoms with E-state index in [2.05, 4.69) is 0 Å². The smallest absolute Gasteiger partial charge is 0.348 e. The fourth-order valence-electron chi connectivity index (χ4n) is 2.54. The lowest BCUT2D eigenvalue weighted by atomic mass is 10.1. The van der Waals surface area contributed by atoms with Gasteiger partial charge in [-0.25, -0.2) is 9.59 Å². The molecule has 0 radical (unpaired) electrons. The second-order valence-corrected chi connectivity index (χ2v) is 5.38. The van der Waals surface area contributed by atoms with E-state index >= 15 is 0 Å². The Morgan fingerprint density at radius 2 is 1.65 bits per heavy atom. The normalized spacial score (nSPS) is 20.8. The number of hydrogen-bond acceptors (Lipinski definition) is 4. The van der Waals surface area contributed by atoms with Crippen LogP contribution in [-0.2, 0) is 19.1 Å². The minimum Gasteiger partial charge on any atom is -0.419 e. The van der Waals surface area contributed by atoms with Crippen molar-refractivity contribution in [2.75, 3.05) is 0 Å². The summed E-state index contributed by atoms with van der Waals surface area (Å²) < 4.78 is 10.7. The van der Waals surface area contributed by atoms with E-state index in [1.807, 2.05) is 0 Å². The molecule has 1 aliphatic heterocycles. The van der Waals surface area contributed by atoms with Crippen LogP contribution in [0.3, 0.4) is 0 Å². The SMILES string of the molecule is O=C1OC2(CCCC2)OC(=O)C1=Cc1ccccc1Cl. The van der Waals surface area contributed by atoms with Crippen molar-refractivity contribution < 1.29 is 19.1 Å². The minimum absolute atomic E-state index is 0.115. The molecule has 1 spiro atoms. The summed E-state index contributed by atoms with van der Waals surface area (Å²) in [6.45, 7) is 0. The monoisotopic (exact) mass is 292 g/mol. The highest BCUT2D eigenvalue weighted by molar-refractivity contribution is 6.32. The van der Waals surface area contributed by atoms with Crippen molar-refractivity contribution in [2.45, 2.75) is 31.5 Å². The van der Waals surface area contributed by atoms with E-state index in [0.717, 1.165) is 12.8 Å². The van der Waals surface area contributed by atoms with Gasteiger partial charge in [0.2, 0.25) is 0 Å². The van der Waals surface area contributed by atoms with Crippen LogP contribution in [0.4, 0.5) is 0 Å². The van der Waals surface area contributed by atoms with Gasteiger partial charge in [-0.1, -0.05) is 29.8 Å². The highest BCUT2D eigenvalue weighted by Crippen LogP contribution is 2.38. The quantitative estimate of drug-likeness (QED) is 0.453. The van der Waals surface area contributed by atoms with Gasteiger partial charge in [0.05, 0.1) is 0 Å². The van der Waals surface area contributed by atoms with Crippen LogP contribution in [0.25, 0.3) is 6.08 Å². The first-order valence-electron chi connectivity index (χ1n) is 6.53. The third kappa shape index (κ3) is 2.31. The van der Waals surface area contributed by atoms with E-state index in [0.29, 0.717) is 23.4 Å². The molecule has 1 aromatic carbocycles. The third-order valence-electron chi connectivity index (χ3n) is 3.57. The second-order valence-electron chi connectivity index (χ2n) is 4.98. The Kier molecular flexibility index (Phi) is 3.26. The van der Waals surface area contributed by atoms with Crippen molar-refractivity contribution in [1.82, 2.24) is 0 Å².